The van der Waals surface area contributed by atoms with E-state index in [1.54, 1.807) is 0 Å². The Hall–Kier alpha value is -0.0800. The maximum Gasteiger partial charge on any atom is 0.0699 e. The van der Waals surface area contributed by atoms with Crippen LogP contribution in [0.2, 0.25) is 0 Å². The number of rotatable bonds is 10. The summed E-state index contributed by atoms with van der Waals surface area (Å²) in [6.07, 6.45) is 5.17. The van der Waals surface area contributed by atoms with Crippen LogP contribution in [0.25, 0.3) is 0 Å². The van der Waals surface area contributed by atoms with Crippen molar-refractivity contribution in [2.45, 2.75) is 59.5 Å². The molecule has 0 amide bonds. The maximum absolute atomic E-state index is 5.88. The first kappa shape index (κ1) is 14.9. The van der Waals surface area contributed by atoms with Crippen LogP contribution in [0.1, 0.15) is 53.4 Å². The molecule has 0 aromatic carbocycles. The molecule has 92 valence electrons. The number of hydrogen-bond acceptors (Lipinski definition) is 2. The highest BCUT2D eigenvalue weighted by molar-refractivity contribution is 4.61. The van der Waals surface area contributed by atoms with Gasteiger partial charge >= 0.3 is 0 Å². The fourth-order valence-corrected chi connectivity index (χ4v) is 1.48. The van der Waals surface area contributed by atoms with E-state index in [0.29, 0.717) is 6.10 Å². The van der Waals surface area contributed by atoms with Gasteiger partial charge in [0, 0.05) is 13.2 Å². The topological polar surface area (TPSA) is 21.3 Å². The summed E-state index contributed by atoms with van der Waals surface area (Å²) in [4.78, 5) is 0. The lowest BCUT2D eigenvalue weighted by molar-refractivity contribution is 0.0408. The first-order valence-electron chi connectivity index (χ1n) is 6.53. The van der Waals surface area contributed by atoms with Crippen LogP contribution in [0.5, 0.6) is 0 Å². The predicted octanol–water partition coefficient (Wildman–Crippen LogP) is 3.22. The first-order valence-corrected chi connectivity index (χ1v) is 6.53. The molecule has 15 heavy (non-hydrogen) atoms. The minimum atomic E-state index is 0.417. The van der Waals surface area contributed by atoms with E-state index in [0.717, 1.165) is 25.6 Å². The van der Waals surface area contributed by atoms with E-state index in [1.807, 2.05) is 0 Å². The lowest BCUT2D eigenvalue weighted by Crippen LogP contribution is -2.30. The van der Waals surface area contributed by atoms with Crippen molar-refractivity contribution in [1.82, 2.24) is 5.32 Å². The largest absolute Gasteiger partial charge is 0.377 e. The van der Waals surface area contributed by atoms with Gasteiger partial charge in [-0.15, -0.1) is 0 Å². The normalized spacial score (nSPS) is 13.4. The van der Waals surface area contributed by atoms with Crippen molar-refractivity contribution in [2.24, 2.45) is 5.92 Å². The van der Waals surface area contributed by atoms with Crippen LogP contribution in [-0.4, -0.2) is 25.8 Å². The molecule has 0 heterocycles. The van der Waals surface area contributed by atoms with Gasteiger partial charge in [0.2, 0.25) is 0 Å². The Kier molecular flexibility index (Phi) is 10.4. The third-order valence-electron chi connectivity index (χ3n) is 2.46. The molecular weight excluding hydrogens is 186 g/mol. The van der Waals surface area contributed by atoms with Crippen LogP contribution in [0.4, 0.5) is 0 Å². The number of hydrogen-bond donors (Lipinski definition) is 1. The fraction of sp³-hybridized carbons (Fsp3) is 1.00. The van der Waals surface area contributed by atoms with E-state index in [4.69, 9.17) is 4.74 Å². The smallest absolute Gasteiger partial charge is 0.0699 e. The molecule has 0 saturated carbocycles. The van der Waals surface area contributed by atoms with Gasteiger partial charge in [-0.05, 0) is 31.7 Å². The molecule has 0 aromatic rings. The van der Waals surface area contributed by atoms with Crippen LogP contribution < -0.4 is 5.32 Å². The third-order valence-corrected chi connectivity index (χ3v) is 2.46. The predicted molar refractivity (Wildman–Crippen MR) is 67.3 cm³/mol. The SMILES string of the molecule is CCCNCC(CCC)OCCC(C)C. The zero-order valence-electron chi connectivity index (χ0n) is 11.0. The van der Waals surface area contributed by atoms with Crippen LogP contribution in [0.15, 0.2) is 0 Å². The second-order valence-corrected chi connectivity index (χ2v) is 4.67. The van der Waals surface area contributed by atoms with E-state index in [2.05, 4.69) is 33.0 Å². The van der Waals surface area contributed by atoms with Crippen molar-refractivity contribution in [1.29, 1.82) is 0 Å². The van der Waals surface area contributed by atoms with Gasteiger partial charge < -0.3 is 10.1 Å². The van der Waals surface area contributed by atoms with Crippen molar-refractivity contribution in [2.75, 3.05) is 19.7 Å². The van der Waals surface area contributed by atoms with Gasteiger partial charge in [0.1, 0.15) is 0 Å². The average Bonchev–Trinajstić information content (AvgIpc) is 2.17. The highest BCUT2D eigenvalue weighted by atomic mass is 16.5. The van der Waals surface area contributed by atoms with Crippen molar-refractivity contribution < 1.29 is 4.74 Å². The molecule has 2 heteroatoms. The minimum Gasteiger partial charge on any atom is -0.377 e. The van der Waals surface area contributed by atoms with Gasteiger partial charge in [-0.3, -0.25) is 0 Å². The first-order chi connectivity index (χ1) is 7.20. The quantitative estimate of drug-likeness (QED) is 0.565. The molecule has 0 aromatic heterocycles. The Morgan fingerprint density at radius 3 is 2.33 bits per heavy atom. The van der Waals surface area contributed by atoms with Crippen molar-refractivity contribution in [3.63, 3.8) is 0 Å². The summed E-state index contributed by atoms with van der Waals surface area (Å²) in [7, 11) is 0. The second-order valence-electron chi connectivity index (χ2n) is 4.67. The molecule has 2 nitrogen and oxygen atoms in total. The van der Waals surface area contributed by atoms with Crippen LogP contribution in [0, 0.1) is 5.92 Å². The van der Waals surface area contributed by atoms with Crippen molar-refractivity contribution in [3.8, 4) is 0 Å². The highest BCUT2D eigenvalue weighted by Gasteiger charge is 2.07. The van der Waals surface area contributed by atoms with Crippen molar-refractivity contribution >= 4 is 0 Å². The molecule has 0 rings (SSSR count). The Morgan fingerprint density at radius 2 is 1.80 bits per heavy atom. The Labute approximate surface area is 95.8 Å². The zero-order chi connectivity index (χ0) is 11.5. The summed E-state index contributed by atoms with van der Waals surface area (Å²) in [5.41, 5.74) is 0. The molecule has 0 aliphatic carbocycles. The van der Waals surface area contributed by atoms with E-state index in [-0.39, 0.29) is 0 Å². The van der Waals surface area contributed by atoms with Crippen molar-refractivity contribution in [3.05, 3.63) is 0 Å². The van der Waals surface area contributed by atoms with E-state index >= 15 is 0 Å². The van der Waals surface area contributed by atoms with Crippen LogP contribution in [-0.2, 0) is 4.74 Å². The number of ether oxygens (including phenoxy) is 1. The van der Waals surface area contributed by atoms with Gasteiger partial charge in [-0.2, -0.15) is 0 Å². The van der Waals surface area contributed by atoms with Crippen LogP contribution >= 0.6 is 0 Å². The maximum atomic E-state index is 5.88. The molecule has 0 radical (unpaired) electrons. The van der Waals surface area contributed by atoms with Gasteiger partial charge in [-0.25, -0.2) is 0 Å². The molecule has 0 bridgehead atoms. The Bertz CT molecular complexity index is 126. The summed E-state index contributed by atoms with van der Waals surface area (Å²) in [5.74, 6) is 0.746. The summed E-state index contributed by atoms with van der Waals surface area (Å²) in [5, 5.41) is 3.43. The van der Waals surface area contributed by atoms with E-state index in [1.165, 1.54) is 25.7 Å². The summed E-state index contributed by atoms with van der Waals surface area (Å²) in [6.45, 7) is 11.9. The summed E-state index contributed by atoms with van der Waals surface area (Å²) >= 11 is 0. The monoisotopic (exact) mass is 215 g/mol. The third kappa shape index (κ3) is 10.2. The average molecular weight is 215 g/mol. The molecule has 1 N–H and O–H groups in total. The molecule has 1 atom stereocenters. The highest BCUT2D eigenvalue weighted by Crippen LogP contribution is 2.05. The van der Waals surface area contributed by atoms with E-state index in [9.17, 15) is 0 Å². The summed E-state index contributed by atoms with van der Waals surface area (Å²) < 4.78 is 5.88. The fourth-order valence-electron chi connectivity index (χ4n) is 1.48. The Balaban J connectivity index is 3.53. The zero-order valence-corrected chi connectivity index (χ0v) is 11.0. The molecule has 0 saturated heterocycles. The minimum absolute atomic E-state index is 0.417. The lowest BCUT2D eigenvalue weighted by Gasteiger charge is -2.18. The molecule has 0 aliphatic rings. The van der Waals surface area contributed by atoms with E-state index < -0.39 is 0 Å². The molecule has 1 unspecified atom stereocenters. The summed E-state index contributed by atoms with van der Waals surface area (Å²) in [6, 6.07) is 0. The van der Waals surface area contributed by atoms with Gasteiger partial charge in [0.05, 0.1) is 6.10 Å². The lowest BCUT2D eigenvalue weighted by atomic mass is 10.1. The van der Waals surface area contributed by atoms with Gasteiger partial charge in [0.25, 0.3) is 0 Å². The van der Waals surface area contributed by atoms with Crippen LogP contribution in [0.3, 0.4) is 0 Å². The Morgan fingerprint density at radius 1 is 1.07 bits per heavy atom. The van der Waals surface area contributed by atoms with Gasteiger partial charge in [0.15, 0.2) is 0 Å². The molecular formula is C13H29NO. The van der Waals surface area contributed by atoms with Gasteiger partial charge in [-0.1, -0.05) is 34.1 Å². The second kappa shape index (κ2) is 10.4. The molecule has 0 spiro atoms. The number of nitrogens with one attached hydrogen (secondary N) is 1. The molecule has 0 fully saturated rings. The standard InChI is InChI=1S/C13H29NO/c1-5-7-13(11-14-9-6-2)15-10-8-12(3)4/h12-14H,5-11H2,1-4H3. The molecule has 0 aliphatic heterocycles.